The molecule has 2 aromatic carbocycles. The Bertz CT molecular complexity index is 969. The number of rotatable bonds is 3. The third-order valence-corrected chi connectivity index (χ3v) is 3.86. The van der Waals surface area contributed by atoms with E-state index in [1.54, 1.807) is 12.1 Å². The topological polar surface area (TPSA) is 102 Å². The molecule has 1 aliphatic heterocycles. The SMILES string of the molecule is O=C1OC(c2ccc(Cl)cc2Cl)=NC1=Cc1cccc([N+](=O)[O-])c1O. The van der Waals surface area contributed by atoms with Crippen LogP contribution in [0.1, 0.15) is 11.1 Å². The minimum atomic E-state index is -0.771. The molecule has 0 fully saturated rings. The first kappa shape index (κ1) is 16.9. The maximum atomic E-state index is 12.0. The van der Waals surface area contributed by atoms with E-state index in [1.807, 2.05) is 0 Å². The first-order valence-electron chi connectivity index (χ1n) is 6.81. The number of phenolic OH excluding ortho intramolecular Hbond substituents is 1. The Kier molecular flexibility index (Phi) is 4.43. The number of nitro groups is 1. The standard InChI is InChI=1S/C16H8Cl2N2O5/c17-9-4-5-10(11(18)7-9)15-19-12(16(22)25-15)6-8-2-1-3-13(14(8)21)20(23)24/h1-7,21H. The van der Waals surface area contributed by atoms with Crippen molar-refractivity contribution in [2.24, 2.45) is 4.99 Å². The smallest absolute Gasteiger partial charge is 0.363 e. The van der Waals surface area contributed by atoms with Crippen molar-refractivity contribution in [2.45, 2.75) is 0 Å². The van der Waals surface area contributed by atoms with Crippen LogP contribution in [0.15, 0.2) is 47.1 Å². The van der Waals surface area contributed by atoms with Crippen molar-refractivity contribution >= 4 is 46.8 Å². The highest BCUT2D eigenvalue weighted by atomic mass is 35.5. The number of hydrogen-bond donors (Lipinski definition) is 1. The molecule has 1 aliphatic rings. The molecule has 0 saturated heterocycles. The largest absolute Gasteiger partial charge is 0.502 e. The lowest BCUT2D eigenvalue weighted by Gasteiger charge is -2.02. The molecule has 126 valence electrons. The number of cyclic esters (lactones) is 1. The highest BCUT2D eigenvalue weighted by Crippen LogP contribution is 2.32. The quantitative estimate of drug-likeness (QED) is 0.377. The third-order valence-electron chi connectivity index (χ3n) is 3.32. The van der Waals surface area contributed by atoms with E-state index in [1.165, 1.54) is 24.3 Å². The first-order chi connectivity index (χ1) is 11.9. The van der Waals surface area contributed by atoms with E-state index >= 15 is 0 Å². The Morgan fingerprint density at radius 3 is 2.68 bits per heavy atom. The van der Waals surface area contributed by atoms with E-state index in [0.717, 1.165) is 6.07 Å². The molecule has 9 heteroatoms. The Labute approximate surface area is 150 Å². The predicted octanol–water partition coefficient (Wildman–Crippen LogP) is 3.95. The maximum Gasteiger partial charge on any atom is 0.363 e. The van der Waals surface area contributed by atoms with Gasteiger partial charge in [-0.25, -0.2) is 9.79 Å². The van der Waals surface area contributed by atoms with Gasteiger partial charge in [0.2, 0.25) is 11.6 Å². The minimum Gasteiger partial charge on any atom is -0.502 e. The van der Waals surface area contributed by atoms with Gasteiger partial charge < -0.3 is 9.84 Å². The number of para-hydroxylation sites is 1. The predicted molar refractivity (Wildman–Crippen MR) is 91.8 cm³/mol. The van der Waals surface area contributed by atoms with Crippen LogP contribution in [0.3, 0.4) is 0 Å². The number of carbonyl (C=O) groups is 1. The van der Waals surface area contributed by atoms with Crippen LogP contribution in [0.5, 0.6) is 5.75 Å². The van der Waals surface area contributed by atoms with Gasteiger partial charge in [-0.05, 0) is 24.3 Å². The number of nitrogens with zero attached hydrogens (tertiary/aromatic N) is 2. The number of aromatic hydroxyl groups is 1. The molecular formula is C16H8Cl2N2O5. The normalized spacial score (nSPS) is 15.2. The van der Waals surface area contributed by atoms with E-state index in [0.29, 0.717) is 10.6 Å². The number of carbonyl (C=O) groups excluding carboxylic acids is 1. The van der Waals surface area contributed by atoms with E-state index in [2.05, 4.69) is 4.99 Å². The molecule has 0 aliphatic carbocycles. The fourth-order valence-corrected chi connectivity index (χ4v) is 2.64. The van der Waals surface area contributed by atoms with Crippen molar-refractivity contribution in [2.75, 3.05) is 0 Å². The average molecular weight is 379 g/mol. The van der Waals surface area contributed by atoms with E-state index in [-0.39, 0.29) is 22.2 Å². The number of aliphatic imine (C=N–C) groups is 1. The number of esters is 1. The van der Waals surface area contributed by atoms with E-state index in [4.69, 9.17) is 27.9 Å². The average Bonchev–Trinajstić information content (AvgIpc) is 2.89. The summed E-state index contributed by atoms with van der Waals surface area (Å²) in [5.74, 6) is -1.37. The van der Waals surface area contributed by atoms with Crippen LogP contribution >= 0.6 is 23.2 Å². The molecule has 0 atom stereocenters. The summed E-state index contributed by atoms with van der Waals surface area (Å²) < 4.78 is 5.07. The molecule has 3 rings (SSSR count). The van der Waals surface area contributed by atoms with Crippen LogP contribution in [-0.4, -0.2) is 21.9 Å². The van der Waals surface area contributed by atoms with Crippen LogP contribution in [0.2, 0.25) is 10.0 Å². The van der Waals surface area contributed by atoms with Crippen LogP contribution in [0, 0.1) is 10.1 Å². The summed E-state index contributed by atoms with van der Waals surface area (Å²) in [5.41, 5.74) is -0.179. The molecule has 0 saturated carbocycles. The number of phenols is 1. The Morgan fingerprint density at radius 1 is 1.24 bits per heavy atom. The molecule has 1 heterocycles. The Balaban J connectivity index is 2.02. The molecule has 2 aromatic rings. The molecule has 0 unspecified atom stereocenters. The third kappa shape index (κ3) is 3.33. The zero-order valence-electron chi connectivity index (χ0n) is 12.3. The van der Waals surface area contributed by atoms with Crippen molar-refractivity contribution in [1.82, 2.24) is 0 Å². The second-order valence-corrected chi connectivity index (χ2v) is 5.78. The van der Waals surface area contributed by atoms with Gasteiger partial charge in [0.1, 0.15) is 0 Å². The van der Waals surface area contributed by atoms with Gasteiger partial charge in [0.25, 0.3) is 0 Å². The first-order valence-corrected chi connectivity index (χ1v) is 7.57. The number of ether oxygens (including phenoxy) is 1. The second kappa shape index (κ2) is 6.54. The van der Waals surface area contributed by atoms with Gasteiger partial charge in [0.15, 0.2) is 5.70 Å². The van der Waals surface area contributed by atoms with Crippen molar-refractivity contribution in [1.29, 1.82) is 0 Å². The molecule has 0 spiro atoms. The van der Waals surface area contributed by atoms with Gasteiger partial charge in [-0.3, -0.25) is 10.1 Å². The zero-order chi connectivity index (χ0) is 18.1. The highest BCUT2D eigenvalue weighted by molar-refractivity contribution is 6.37. The summed E-state index contributed by atoms with van der Waals surface area (Å²) >= 11 is 11.9. The molecule has 0 bridgehead atoms. The number of hydrogen-bond acceptors (Lipinski definition) is 6. The zero-order valence-corrected chi connectivity index (χ0v) is 13.8. The van der Waals surface area contributed by atoms with Crippen molar-refractivity contribution in [3.63, 3.8) is 0 Å². The van der Waals surface area contributed by atoms with Crippen molar-refractivity contribution in [3.8, 4) is 5.75 Å². The summed E-state index contributed by atoms with van der Waals surface area (Å²) in [4.78, 5) is 26.1. The second-order valence-electron chi connectivity index (χ2n) is 4.93. The summed E-state index contributed by atoms with van der Waals surface area (Å²) in [6.45, 7) is 0. The highest BCUT2D eigenvalue weighted by Gasteiger charge is 2.26. The summed E-state index contributed by atoms with van der Waals surface area (Å²) in [6, 6.07) is 8.52. The lowest BCUT2D eigenvalue weighted by molar-refractivity contribution is -0.385. The summed E-state index contributed by atoms with van der Waals surface area (Å²) in [7, 11) is 0. The summed E-state index contributed by atoms with van der Waals surface area (Å²) in [5, 5.41) is 21.5. The lowest BCUT2D eigenvalue weighted by Crippen LogP contribution is -2.05. The van der Waals surface area contributed by atoms with Gasteiger partial charge >= 0.3 is 11.7 Å². The number of benzene rings is 2. The molecule has 7 nitrogen and oxygen atoms in total. The molecule has 1 N–H and O–H groups in total. The Morgan fingerprint density at radius 2 is 2.00 bits per heavy atom. The lowest BCUT2D eigenvalue weighted by atomic mass is 10.1. The van der Waals surface area contributed by atoms with Gasteiger partial charge in [-0.15, -0.1) is 0 Å². The molecule has 0 amide bonds. The molecule has 25 heavy (non-hydrogen) atoms. The maximum absolute atomic E-state index is 12.0. The molecule has 0 radical (unpaired) electrons. The number of halogens is 2. The van der Waals surface area contributed by atoms with Crippen LogP contribution in [0.25, 0.3) is 6.08 Å². The van der Waals surface area contributed by atoms with Crippen LogP contribution in [-0.2, 0) is 9.53 Å². The van der Waals surface area contributed by atoms with Crippen molar-refractivity contribution in [3.05, 3.63) is 73.4 Å². The van der Waals surface area contributed by atoms with Gasteiger partial charge in [-0.1, -0.05) is 35.3 Å². The fraction of sp³-hybridized carbons (Fsp3) is 0. The monoisotopic (exact) mass is 378 g/mol. The van der Waals surface area contributed by atoms with E-state index in [9.17, 15) is 20.0 Å². The Hall–Kier alpha value is -2.90. The van der Waals surface area contributed by atoms with Gasteiger partial charge in [0, 0.05) is 16.7 Å². The number of nitro benzene ring substituents is 1. The van der Waals surface area contributed by atoms with Crippen molar-refractivity contribution < 1.29 is 19.6 Å². The molecule has 0 aromatic heterocycles. The van der Waals surface area contributed by atoms with Gasteiger partial charge in [0.05, 0.1) is 15.5 Å². The van der Waals surface area contributed by atoms with Gasteiger partial charge in [-0.2, -0.15) is 0 Å². The van der Waals surface area contributed by atoms with Crippen LogP contribution in [0.4, 0.5) is 5.69 Å². The van der Waals surface area contributed by atoms with E-state index < -0.39 is 22.3 Å². The molecular weight excluding hydrogens is 371 g/mol. The summed E-state index contributed by atoms with van der Waals surface area (Å²) in [6.07, 6.45) is 1.20. The minimum absolute atomic E-state index is 0.0252. The van der Waals surface area contributed by atoms with Crippen LogP contribution < -0.4 is 0 Å². The fourth-order valence-electron chi connectivity index (χ4n) is 2.15.